The van der Waals surface area contributed by atoms with E-state index in [4.69, 9.17) is 14.2 Å². The number of nitro groups is 1. The number of carbonyl (C=O) groups excluding carboxylic acids is 3. The number of nitriles is 1. The Hall–Kier alpha value is -4.04. The highest BCUT2D eigenvalue weighted by molar-refractivity contribution is 5.93. The first-order chi connectivity index (χ1) is 23.3. The lowest BCUT2D eigenvalue weighted by Crippen LogP contribution is -2.28. The van der Waals surface area contributed by atoms with Gasteiger partial charge in [-0.3, -0.25) is 19.7 Å². The smallest absolute Gasteiger partial charge is 0.348 e. The second-order valence-electron chi connectivity index (χ2n) is 14.1. The summed E-state index contributed by atoms with van der Waals surface area (Å²) in [6, 6.07) is 4.11. The third-order valence-electron chi connectivity index (χ3n) is 9.44. The molecule has 11 nitrogen and oxygen atoms in total. The summed E-state index contributed by atoms with van der Waals surface area (Å²) in [5, 5.41) is 31.5. The predicted molar refractivity (Wildman–Crippen MR) is 184 cm³/mol. The molecule has 49 heavy (non-hydrogen) atoms. The van der Waals surface area contributed by atoms with Crippen LogP contribution in [0.3, 0.4) is 0 Å². The van der Waals surface area contributed by atoms with Gasteiger partial charge < -0.3 is 19.3 Å². The maximum absolute atomic E-state index is 13.3. The first-order valence-electron chi connectivity index (χ1n) is 17.8. The summed E-state index contributed by atoms with van der Waals surface area (Å²) >= 11 is 0. The highest BCUT2D eigenvalue weighted by Crippen LogP contribution is 2.39. The zero-order valence-electron chi connectivity index (χ0n) is 29.4. The zero-order valence-corrected chi connectivity index (χ0v) is 29.4. The van der Waals surface area contributed by atoms with Crippen LogP contribution in [0, 0.1) is 45.1 Å². The number of benzene rings is 1. The second kappa shape index (κ2) is 19.2. The lowest BCUT2D eigenvalue weighted by Gasteiger charge is -2.27. The van der Waals surface area contributed by atoms with Crippen molar-refractivity contribution in [2.45, 2.75) is 123 Å². The van der Waals surface area contributed by atoms with E-state index in [1.54, 1.807) is 6.07 Å². The molecule has 1 N–H and O–H groups in total. The van der Waals surface area contributed by atoms with Gasteiger partial charge in [0.25, 0.3) is 0 Å². The van der Waals surface area contributed by atoms with Gasteiger partial charge in [-0.25, -0.2) is 4.79 Å². The summed E-state index contributed by atoms with van der Waals surface area (Å²) < 4.78 is 16.4. The van der Waals surface area contributed by atoms with Gasteiger partial charge >= 0.3 is 23.6 Å². The second-order valence-corrected chi connectivity index (χ2v) is 14.1. The number of unbranched alkanes of at least 4 members (excludes halogenated alkanes) is 2. The number of aliphatic hydroxyl groups is 1. The van der Waals surface area contributed by atoms with Gasteiger partial charge in [0.15, 0.2) is 0 Å². The predicted octanol–water partition coefficient (Wildman–Crippen LogP) is 8.18. The van der Waals surface area contributed by atoms with Crippen LogP contribution in [0.15, 0.2) is 29.9 Å². The molecule has 0 spiro atoms. The largest absolute Gasteiger partial charge is 0.459 e. The number of nitro benzene ring substituents is 1. The third-order valence-corrected chi connectivity index (χ3v) is 9.44. The lowest BCUT2D eigenvalue weighted by atomic mass is 9.80. The molecule has 0 radical (unpaired) electrons. The van der Waals surface area contributed by atoms with Gasteiger partial charge in [-0.2, -0.15) is 5.26 Å². The highest BCUT2D eigenvalue weighted by atomic mass is 16.6. The molecular formula is C38H52N2O9. The van der Waals surface area contributed by atoms with Crippen molar-refractivity contribution in [3.63, 3.8) is 0 Å². The summed E-state index contributed by atoms with van der Waals surface area (Å²) in [5.74, 6) is -1.97. The summed E-state index contributed by atoms with van der Waals surface area (Å²) in [4.78, 5) is 50.4. The van der Waals surface area contributed by atoms with E-state index in [0.717, 1.165) is 70.3 Å². The molecule has 0 aliphatic heterocycles. The molecular weight excluding hydrogens is 628 g/mol. The molecule has 0 atom stereocenters. The maximum Gasteiger partial charge on any atom is 0.348 e. The average molecular weight is 681 g/mol. The molecule has 268 valence electrons. The standard InChI is InChI=1S/C38H52N2O9/c1-5-7-10-26-14-18-28(19-15-26)36(42)48-33-23-32(40(45)46)34(49-37(43)29-20-16-27(17-21-29)11-8-6-2)22-30(33)12-9-13-31(24-39)35(41)47-25-38(3,4)44/h9,12-13,22-23,26-29,44H,5-8,10-11,14-21,25H2,1-4H3/b12-9+,31-13+/t26-,27?,28-,29?. The van der Waals surface area contributed by atoms with Crippen LogP contribution in [0.4, 0.5) is 5.69 Å². The number of carbonyl (C=O) groups is 3. The topological polar surface area (TPSA) is 166 Å². The number of rotatable bonds is 16. The Kier molecular flexibility index (Phi) is 15.5. The van der Waals surface area contributed by atoms with Gasteiger partial charge in [-0.1, -0.05) is 64.5 Å². The van der Waals surface area contributed by atoms with Crippen LogP contribution in [0.25, 0.3) is 6.08 Å². The fourth-order valence-electron chi connectivity index (χ4n) is 6.47. The molecule has 0 amide bonds. The summed E-state index contributed by atoms with van der Waals surface area (Å²) in [6.45, 7) is 6.88. The van der Waals surface area contributed by atoms with Crippen molar-refractivity contribution in [1.82, 2.24) is 0 Å². The van der Waals surface area contributed by atoms with E-state index in [0.29, 0.717) is 37.5 Å². The first kappa shape index (κ1) is 39.4. The number of esters is 3. The van der Waals surface area contributed by atoms with E-state index < -0.39 is 34.1 Å². The van der Waals surface area contributed by atoms with Crippen LogP contribution in [0.2, 0.25) is 0 Å². The lowest BCUT2D eigenvalue weighted by molar-refractivity contribution is -0.385. The molecule has 0 heterocycles. The highest BCUT2D eigenvalue weighted by Gasteiger charge is 2.32. The molecule has 0 aromatic heterocycles. The molecule has 3 rings (SSSR count). The van der Waals surface area contributed by atoms with Gasteiger partial charge in [0.2, 0.25) is 5.75 Å². The quantitative estimate of drug-likeness (QED) is 0.0342. The molecule has 1 aromatic carbocycles. The van der Waals surface area contributed by atoms with Crippen LogP contribution in [0.1, 0.15) is 123 Å². The Morgan fingerprint density at radius 1 is 0.918 bits per heavy atom. The minimum Gasteiger partial charge on any atom is -0.459 e. The number of ether oxygens (including phenoxy) is 3. The summed E-state index contributed by atoms with van der Waals surface area (Å²) in [6.07, 6.45) is 17.0. The van der Waals surface area contributed by atoms with Gasteiger partial charge in [0.1, 0.15) is 24.0 Å². The summed E-state index contributed by atoms with van der Waals surface area (Å²) in [5.41, 5.74) is -1.99. The van der Waals surface area contributed by atoms with Crippen LogP contribution < -0.4 is 9.47 Å². The van der Waals surface area contributed by atoms with Crippen molar-refractivity contribution in [3.05, 3.63) is 45.5 Å². The van der Waals surface area contributed by atoms with Crippen molar-refractivity contribution in [3.8, 4) is 17.6 Å². The SMILES string of the molecule is CCCCC1CCC(C(=O)Oc2cc(/C=C/C=C(\C#N)C(=O)OCC(C)(C)O)c(OC(=O)[C@H]3CC[C@H](CCCC)CC3)cc2[N+](=O)[O-])CC1. The van der Waals surface area contributed by atoms with Crippen LogP contribution >= 0.6 is 0 Å². The Labute approximate surface area is 289 Å². The van der Waals surface area contributed by atoms with Crippen LogP contribution in [-0.2, 0) is 19.1 Å². The van der Waals surface area contributed by atoms with Gasteiger partial charge in [0.05, 0.1) is 28.4 Å². The minimum absolute atomic E-state index is 0.103. The van der Waals surface area contributed by atoms with E-state index in [1.165, 1.54) is 38.1 Å². The average Bonchev–Trinajstić information content (AvgIpc) is 3.08. The molecule has 0 bridgehead atoms. The van der Waals surface area contributed by atoms with Crippen LogP contribution in [-0.4, -0.2) is 40.1 Å². The number of hydrogen-bond acceptors (Lipinski definition) is 10. The first-order valence-corrected chi connectivity index (χ1v) is 17.8. The van der Waals surface area contributed by atoms with Crippen molar-refractivity contribution in [1.29, 1.82) is 5.26 Å². The Morgan fingerprint density at radius 2 is 1.43 bits per heavy atom. The number of nitrogens with zero attached hydrogens (tertiary/aromatic N) is 2. The molecule has 1 aromatic rings. The van der Waals surface area contributed by atoms with E-state index >= 15 is 0 Å². The van der Waals surface area contributed by atoms with Gasteiger partial charge in [-0.05, 0) is 89.2 Å². The zero-order chi connectivity index (χ0) is 36.0. The molecule has 2 aliphatic rings. The van der Waals surface area contributed by atoms with Crippen molar-refractivity contribution < 1.29 is 38.6 Å². The molecule has 2 saturated carbocycles. The molecule has 2 fully saturated rings. The molecule has 2 aliphatic carbocycles. The van der Waals surface area contributed by atoms with Crippen molar-refractivity contribution >= 4 is 29.7 Å². The van der Waals surface area contributed by atoms with E-state index in [1.807, 2.05) is 0 Å². The van der Waals surface area contributed by atoms with Crippen LogP contribution in [0.5, 0.6) is 11.5 Å². The van der Waals surface area contributed by atoms with E-state index in [2.05, 4.69) is 13.8 Å². The summed E-state index contributed by atoms with van der Waals surface area (Å²) in [7, 11) is 0. The van der Waals surface area contributed by atoms with E-state index in [9.17, 15) is 34.9 Å². The fourth-order valence-corrected chi connectivity index (χ4v) is 6.47. The van der Waals surface area contributed by atoms with Gasteiger partial charge in [-0.15, -0.1) is 0 Å². The van der Waals surface area contributed by atoms with Gasteiger partial charge in [0, 0.05) is 5.56 Å². The fraction of sp³-hybridized carbons (Fsp3) is 0.632. The minimum atomic E-state index is -1.29. The number of hydrogen-bond donors (Lipinski definition) is 1. The Morgan fingerprint density at radius 3 is 1.88 bits per heavy atom. The molecule has 11 heteroatoms. The monoisotopic (exact) mass is 680 g/mol. The van der Waals surface area contributed by atoms with Crippen molar-refractivity contribution in [2.24, 2.45) is 23.7 Å². The number of allylic oxidation sites excluding steroid dienone is 2. The molecule has 0 unspecified atom stereocenters. The molecule has 0 saturated heterocycles. The maximum atomic E-state index is 13.3. The Balaban J connectivity index is 1.88. The van der Waals surface area contributed by atoms with E-state index in [-0.39, 0.29) is 41.1 Å². The normalized spacial score (nSPS) is 21.5. The third kappa shape index (κ3) is 12.7. The van der Waals surface area contributed by atoms with Crippen molar-refractivity contribution in [2.75, 3.05) is 6.61 Å². The Bertz CT molecular complexity index is 1400.